The van der Waals surface area contributed by atoms with E-state index in [-0.39, 0.29) is 5.91 Å². The standard InChI is InChI=1S/C13H18N2OS/c1-3-10-7-13(16)15(8-10)6-5-11-9-17-12(4-2)14-11/h3,9-10H,1,4-8H2,2H3. The van der Waals surface area contributed by atoms with E-state index in [0.717, 1.165) is 31.6 Å². The topological polar surface area (TPSA) is 33.2 Å². The van der Waals surface area contributed by atoms with Crippen molar-refractivity contribution in [1.29, 1.82) is 0 Å². The number of carbonyl (C=O) groups excluding carboxylic acids is 1. The molecule has 2 heterocycles. The highest BCUT2D eigenvalue weighted by Crippen LogP contribution is 2.19. The molecule has 4 heteroatoms. The molecule has 0 aromatic carbocycles. The van der Waals surface area contributed by atoms with Gasteiger partial charge in [0.2, 0.25) is 5.91 Å². The average molecular weight is 250 g/mol. The fourth-order valence-electron chi connectivity index (χ4n) is 2.05. The summed E-state index contributed by atoms with van der Waals surface area (Å²) in [7, 11) is 0. The Labute approximate surface area is 106 Å². The van der Waals surface area contributed by atoms with Crippen LogP contribution in [0.1, 0.15) is 24.0 Å². The Kier molecular flexibility index (Phi) is 3.94. The zero-order valence-electron chi connectivity index (χ0n) is 10.2. The van der Waals surface area contributed by atoms with Gasteiger partial charge in [-0.3, -0.25) is 4.79 Å². The zero-order valence-corrected chi connectivity index (χ0v) is 11.0. The molecule has 2 rings (SSSR count). The Morgan fingerprint density at radius 2 is 2.53 bits per heavy atom. The molecule has 1 fully saturated rings. The molecule has 0 saturated carbocycles. The van der Waals surface area contributed by atoms with Gasteiger partial charge >= 0.3 is 0 Å². The normalized spacial score (nSPS) is 19.9. The number of rotatable bonds is 5. The third-order valence-electron chi connectivity index (χ3n) is 3.12. The molecule has 0 bridgehead atoms. The van der Waals surface area contributed by atoms with Gasteiger partial charge in [-0.05, 0) is 6.42 Å². The number of nitrogens with zero attached hydrogens (tertiary/aromatic N) is 2. The molecule has 0 spiro atoms. The molecule has 1 unspecified atom stereocenters. The fraction of sp³-hybridized carbons (Fsp3) is 0.538. The lowest BCUT2D eigenvalue weighted by atomic mass is 10.1. The van der Waals surface area contributed by atoms with E-state index in [2.05, 4.69) is 23.9 Å². The predicted octanol–water partition coefficient (Wildman–Crippen LogP) is 2.28. The summed E-state index contributed by atoms with van der Waals surface area (Å²) in [6.45, 7) is 7.48. The summed E-state index contributed by atoms with van der Waals surface area (Å²) >= 11 is 1.71. The number of aryl methyl sites for hydroxylation is 1. The van der Waals surface area contributed by atoms with Crippen molar-refractivity contribution in [3.63, 3.8) is 0 Å². The maximum absolute atomic E-state index is 11.7. The van der Waals surface area contributed by atoms with Gasteiger partial charge in [0.25, 0.3) is 0 Å². The predicted molar refractivity (Wildman–Crippen MR) is 70.1 cm³/mol. The van der Waals surface area contributed by atoms with E-state index in [1.165, 1.54) is 5.01 Å². The largest absolute Gasteiger partial charge is 0.342 e. The average Bonchev–Trinajstić information content (AvgIpc) is 2.93. The second kappa shape index (κ2) is 5.45. The molecular formula is C13H18N2OS. The van der Waals surface area contributed by atoms with Crippen LogP contribution in [0.5, 0.6) is 0 Å². The fourth-order valence-corrected chi connectivity index (χ4v) is 2.83. The van der Waals surface area contributed by atoms with Crippen molar-refractivity contribution < 1.29 is 4.79 Å². The second-order valence-corrected chi connectivity index (χ2v) is 5.32. The first-order valence-corrected chi connectivity index (χ1v) is 6.94. The first-order valence-electron chi connectivity index (χ1n) is 6.06. The summed E-state index contributed by atoms with van der Waals surface area (Å²) in [6.07, 6.45) is 4.37. The minimum Gasteiger partial charge on any atom is -0.342 e. The first kappa shape index (κ1) is 12.3. The molecule has 1 saturated heterocycles. The SMILES string of the molecule is C=CC1CC(=O)N(CCc2csc(CC)n2)C1. The van der Waals surface area contributed by atoms with Gasteiger partial charge in [0.15, 0.2) is 0 Å². The Morgan fingerprint density at radius 3 is 3.12 bits per heavy atom. The molecule has 3 nitrogen and oxygen atoms in total. The lowest BCUT2D eigenvalue weighted by Crippen LogP contribution is -2.27. The van der Waals surface area contributed by atoms with E-state index in [9.17, 15) is 4.79 Å². The Hall–Kier alpha value is -1.16. The Balaban J connectivity index is 1.86. The van der Waals surface area contributed by atoms with Crippen LogP contribution in [0.25, 0.3) is 0 Å². The number of amides is 1. The first-order chi connectivity index (χ1) is 8.22. The number of carbonyl (C=O) groups is 1. The molecule has 17 heavy (non-hydrogen) atoms. The van der Waals surface area contributed by atoms with Crippen molar-refractivity contribution in [2.45, 2.75) is 26.2 Å². The summed E-state index contributed by atoms with van der Waals surface area (Å²) < 4.78 is 0. The second-order valence-electron chi connectivity index (χ2n) is 4.38. The Bertz CT molecular complexity index is 413. The smallest absolute Gasteiger partial charge is 0.223 e. The molecular weight excluding hydrogens is 232 g/mol. The molecule has 92 valence electrons. The summed E-state index contributed by atoms with van der Waals surface area (Å²) in [5.41, 5.74) is 1.11. The summed E-state index contributed by atoms with van der Waals surface area (Å²) in [5, 5.41) is 3.28. The number of thiazole rings is 1. The van der Waals surface area contributed by atoms with Crippen LogP contribution in [0.15, 0.2) is 18.0 Å². The van der Waals surface area contributed by atoms with Crippen molar-refractivity contribution in [2.24, 2.45) is 5.92 Å². The highest BCUT2D eigenvalue weighted by molar-refractivity contribution is 7.09. The van der Waals surface area contributed by atoms with Crippen LogP contribution >= 0.6 is 11.3 Å². The Morgan fingerprint density at radius 1 is 1.71 bits per heavy atom. The van der Waals surface area contributed by atoms with Crippen LogP contribution in [0.3, 0.4) is 0 Å². The third-order valence-corrected chi connectivity index (χ3v) is 4.16. The van der Waals surface area contributed by atoms with Gasteiger partial charge in [-0.15, -0.1) is 17.9 Å². The summed E-state index contributed by atoms with van der Waals surface area (Å²) in [5.74, 6) is 0.588. The molecule has 1 atom stereocenters. The van der Waals surface area contributed by atoms with Crippen molar-refractivity contribution in [2.75, 3.05) is 13.1 Å². The number of likely N-dealkylation sites (tertiary alicyclic amines) is 1. The lowest BCUT2D eigenvalue weighted by Gasteiger charge is -2.14. The van der Waals surface area contributed by atoms with E-state index >= 15 is 0 Å². The van der Waals surface area contributed by atoms with E-state index in [1.54, 1.807) is 11.3 Å². The van der Waals surface area contributed by atoms with Gasteiger partial charge in [0.05, 0.1) is 10.7 Å². The maximum Gasteiger partial charge on any atom is 0.223 e. The lowest BCUT2D eigenvalue weighted by molar-refractivity contribution is -0.127. The van der Waals surface area contributed by atoms with Crippen molar-refractivity contribution in [1.82, 2.24) is 9.88 Å². The van der Waals surface area contributed by atoms with Gasteiger partial charge in [0, 0.05) is 37.2 Å². The minimum atomic E-state index is 0.251. The third kappa shape index (κ3) is 2.94. The van der Waals surface area contributed by atoms with Crippen LogP contribution in [-0.2, 0) is 17.6 Å². The quantitative estimate of drug-likeness (QED) is 0.751. The van der Waals surface area contributed by atoms with Gasteiger partial charge in [0.1, 0.15) is 0 Å². The summed E-state index contributed by atoms with van der Waals surface area (Å²) in [4.78, 5) is 18.1. The molecule has 1 amide bonds. The highest BCUT2D eigenvalue weighted by atomic mass is 32.1. The van der Waals surface area contributed by atoms with Gasteiger partial charge in [-0.1, -0.05) is 13.0 Å². The molecule has 0 aliphatic carbocycles. The zero-order chi connectivity index (χ0) is 12.3. The van der Waals surface area contributed by atoms with Crippen LogP contribution in [0.2, 0.25) is 0 Å². The van der Waals surface area contributed by atoms with Crippen LogP contribution in [-0.4, -0.2) is 28.9 Å². The van der Waals surface area contributed by atoms with Gasteiger partial charge in [-0.25, -0.2) is 4.98 Å². The van der Waals surface area contributed by atoms with E-state index in [0.29, 0.717) is 12.3 Å². The van der Waals surface area contributed by atoms with Crippen molar-refractivity contribution in [3.05, 3.63) is 28.7 Å². The molecule has 0 radical (unpaired) electrons. The van der Waals surface area contributed by atoms with Gasteiger partial charge < -0.3 is 4.90 Å². The molecule has 1 aromatic heterocycles. The van der Waals surface area contributed by atoms with E-state index in [1.807, 2.05) is 11.0 Å². The monoisotopic (exact) mass is 250 g/mol. The molecule has 1 aliphatic rings. The van der Waals surface area contributed by atoms with Gasteiger partial charge in [-0.2, -0.15) is 0 Å². The maximum atomic E-state index is 11.7. The number of hydrogen-bond donors (Lipinski definition) is 0. The minimum absolute atomic E-state index is 0.251. The van der Waals surface area contributed by atoms with E-state index in [4.69, 9.17) is 0 Å². The van der Waals surface area contributed by atoms with Crippen molar-refractivity contribution in [3.8, 4) is 0 Å². The molecule has 0 N–H and O–H groups in total. The molecule has 1 aliphatic heterocycles. The van der Waals surface area contributed by atoms with Crippen LogP contribution < -0.4 is 0 Å². The summed E-state index contributed by atoms with van der Waals surface area (Å²) in [6, 6.07) is 0. The highest BCUT2D eigenvalue weighted by Gasteiger charge is 2.26. The molecule has 1 aromatic rings. The number of aromatic nitrogens is 1. The van der Waals surface area contributed by atoms with Crippen LogP contribution in [0.4, 0.5) is 0 Å². The van der Waals surface area contributed by atoms with Crippen molar-refractivity contribution >= 4 is 17.2 Å². The van der Waals surface area contributed by atoms with E-state index < -0.39 is 0 Å². The number of hydrogen-bond acceptors (Lipinski definition) is 3. The van der Waals surface area contributed by atoms with Crippen LogP contribution in [0, 0.1) is 5.92 Å².